The van der Waals surface area contributed by atoms with E-state index in [1.165, 1.54) is 6.07 Å². The van der Waals surface area contributed by atoms with Gasteiger partial charge in [-0.15, -0.1) is 0 Å². The maximum Gasteiger partial charge on any atom is 0.135 e. The summed E-state index contributed by atoms with van der Waals surface area (Å²) < 4.78 is 18.8. The molecular weight excluding hydrogens is 239 g/mol. The molecule has 3 nitrogen and oxygen atoms in total. The first-order valence-electron chi connectivity index (χ1n) is 5.48. The molecular formula is C12H17FN2OS. The van der Waals surface area contributed by atoms with E-state index >= 15 is 0 Å². The summed E-state index contributed by atoms with van der Waals surface area (Å²) in [6.45, 7) is 5.07. The summed E-state index contributed by atoms with van der Waals surface area (Å²) in [5.41, 5.74) is 6.37. The normalized spacial score (nSPS) is 12.2. The number of benzene rings is 1. The number of thiocarbonyl (C=S) groups is 1. The van der Waals surface area contributed by atoms with Gasteiger partial charge in [0.2, 0.25) is 0 Å². The predicted octanol–water partition coefficient (Wildman–Crippen LogP) is 2.30. The fourth-order valence-corrected chi connectivity index (χ4v) is 1.70. The van der Waals surface area contributed by atoms with Crippen LogP contribution in [0.15, 0.2) is 18.2 Å². The molecule has 0 aromatic heterocycles. The second-order valence-electron chi connectivity index (χ2n) is 3.73. The quantitative estimate of drug-likeness (QED) is 0.767. The van der Waals surface area contributed by atoms with Crippen LogP contribution in [0.4, 0.5) is 10.1 Å². The number of hydrogen-bond acceptors (Lipinski definition) is 3. The Labute approximate surface area is 106 Å². The van der Waals surface area contributed by atoms with E-state index in [4.69, 9.17) is 22.7 Å². The van der Waals surface area contributed by atoms with Gasteiger partial charge in [0.1, 0.15) is 10.8 Å². The number of nitrogens with one attached hydrogen (secondary N) is 1. The van der Waals surface area contributed by atoms with Crippen LogP contribution in [0.25, 0.3) is 0 Å². The van der Waals surface area contributed by atoms with Gasteiger partial charge in [-0.05, 0) is 26.0 Å². The Hall–Kier alpha value is -1.20. The molecule has 0 heterocycles. The van der Waals surface area contributed by atoms with Gasteiger partial charge in [-0.1, -0.05) is 18.3 Å². The molecule has 0 saturated heterocycles. The molecule has 94 valence electrons. The van der Waals surface area contributed by atoms with Gasteiger partial charge in [-0.25, -0.2) is 4.39 Å². The summed E-state index contributed by atoms with van der Waals surface area (Å²) in [4.78, 5) is 0.0502. The van der Waals surface area contributed by atoms with Crippen molar-refractivity contribution in [1.82, 2.24) is 0 Å². The third-order valence-electron chi connectivity index (χ3n) is 2.23. The maximum absolute atomic E-state index is 13.6. The fourth-order valence-electron chi connectivity index (χ4n) is 1.50. The molecule has 0 fully saturated rings. The predicted molar refractivity (Wildman–Crippen MR) is 71.9 cm³/mol. The third kappa shape index (κ3) is 3.94. The molecule has 0 spiro atoms. The largest absolute Gasteiger partial charge is 0.389 e. The van der Waals surface area contributed by atoms with Gasteiger partial charge >= 0.3 is 0 Å². The monoisotopic (exact) mass is 256 g/mol. The van der Waals surface area contributed by atoms with Gasteiger partial charge in [0, 0.05) is 18.3 Å². The molecule has 0 radical (unpaired) electrons. The van der Waals surface area contributed by atoms with Crippen molar-refractivity contribution < 1.29 is 9.13 Å². The molecule has 0 aliphatic heterocycles. The minimum atomic E-state index is -0.411. The van der Waals surface area contributed by atoms with Crippen molar-refractivity contribution in [2.24, 2.45) is 5.73 Å². The van der Waals surface area contributed by atoms with Gasteiger partial charge in [0.15, 0.2) is 0 Å². The number of anilines is 1. The van der Waals surface area contributed by atoms with Crippen LogP contribution >= 0.6 is 12.2 Å². The molecule has 0 saturated carbocycles. The summed E-state index contributed by atoms with van der Waals surface area (Å²) in [6, 6.07) is 4.77. The second-order valence-corrected chi connectivity index (χ2v) is 4.17. The SMILES string of the molecule is CCOCC(C)Nc1cccc(F)c1C(N)=S. The Morgan fingerprint density at radius 3 is 2.88 bits per heavy atom. The summed E-state index contributed by atoms with van der Waals surface area (Å²) in [6.07, 6.45) is 0. The Bertz CT molecular complexity index is 398. The molecule has 0 aliphatic carbocycles. The van der Waals surface area contributed by atoms with E-state index in [1.54, 1.807) is 12.1 Å². The lowest BCUT2D eigenvalue weighted by Gasteiger charge is -2.17. The van der Waals surface area contributed by atoms with Crippen LogP contribution in [-0.2, 0) is 4.74 Å². The first-order chi connectivity index (χ1) is 8.06. The van der Waals surface area contributed by atoms with Gasteiger partial charge < -0.3 is 15.8 Å². The van der Waals surface area contributed by atoms with E-state index in [0.29, 0.717) is 18.9 Å². The number of halogens is 1. The Morgan fingerprint density at radius 2 is 2.29 bits per heavy atom. The highest BCUT2D eigenvalue weighted by molar-refractivity contribution is 7.80. The topological polar surface area (TPSA) is 47.3 Å². The first-order valence-corrected chi connectivity index (χ1v) is 5.89. The zero-order valence-corrected chi connectivity index (χ0v) is 10.8. The van der Waals surface area contributed by atoms with Crippen LogP contribution in [0.5, 0.6) is 0 Å². The molecule has 0 amide bonds. The molecule has 1 atom stereocenters. The molecule has 1 aromatic rings. The molecule has 0 bridgehead atoms. The standard InChI is InChI=1S/C12H17FN2OS/c1-3-16-7-8(2)15-10-6-4-5-9(13)11(10)12(14)17/h4-6,8,15H,3,7H2,1-2H3,(H2,14,17). The fraction of sp³-hybridized carbons (Fsp3) is 0.417. The van der Waals surface area contributed by atoms with Crippen molar-refractivity contribution in [3.05, 3.63) is 29.6 Å². The number of ether oxygens (including phenoxy) is 1. The van der Waals surface area contributed by atoms with Crippen molar-refractivity contribution in [2.75, 3.05) is 18.5 Å². The van der Waals surface area contributed by atoms with E-state index in [1.807, 2.05) is 13.8 Å². The average molecular weight is 256 g/mol. The van der Waals surface area contributed by atoms with Crippen LogP contribution in [0.1, 0.15) is 19.4 Å². The summed E-state index contributed by atoms with van der Waals surface area (Å²) in [5.74, 6) is -0.411. The van der Waals surface area contributed by atoms with Gasteiger partial charge in [-0.3, -0.25) is 0 Å². The molecule has 3 N–H and O–H groups in total. The molecule has 17 heavy (non-hydrogen) atoms. The average Bonchev–Trinajstić information content (AvgIpc) is 2.25. The lowest BCUT2D eigenvalue weighted by Crippen LogP contribution is -2.24. The Balaban J connectivity index is 2.83. The van der Waals surface area contributed by atoms with Crippen LogP contribution in [-0.4, -0.2) is 24.2 Å². The Kier molecular flexibility index (Phi) is 5.31. The van der Waals surface area contributed by atoms with E-state index in [-0.39, 0.29) is 16.6 Å². The smallest absolute Gasteiger partial charge is 0.135 e. The van der Waals surface area contributed by atoms with Crippen molar-refractivity contribution >= 4 is 22.9 Å². The van der Waals surface area contributed by atoms with Crippen molar-refractivity contribution in [3.8, 4) is 0 Å². The minimum Gasteiger partial charge on any atom is -0.389 e. The molecule has 1 rings (SSSR count). The number of nitrogens with two attached hydrogens (primary N) is 1. The number of rotatable bonds is 6. The molecule has 0 aliphatic rings. The highest BCUT2D eigenvalue weighted by Crippen LogP contribution is 2.19. The lowest BCUT2D eigenvalue weighted by atomic mass is 10.1. The van der Waals surface area contributed by atoms with Gasteiger partial charge in [0.25, 0.3) is 0 Å². The molecule has 1 unspecified atom stereocenters. The van der Waals surface area contributed by atoms with Crippen molar-refractivity contribution in [3.63, 3.8) is 0 Å². The third-order valence-corrected chi connectivity index (χ3v) is 2.44. The highest BCUT2D eigenvalue weighted by atomic mass is 32.1. The zero-order valence-electron chi connectivity index (χ0n) is 10.00. The van der Waals surface area contributed by atoms with Crippen LogP contribution in [0, 0.1) is 5.82 Å². The van der Waals surface area contributed by atoms with Gasteiger partial charge in [-0.2, -0.15) is 0 Å². The van der Waals surface area contributed by atoms with E-state index in [9.17, 15) is 4.39 Å². The van der Waals surface area contributed by atoms with Crippen molar-refractivity contribution in [1.29, 1.82) is 0 Å². The highest BCUT2D eigenvalue weighted by Gasteiger charge is 2.12. The molecule has 1 aromatic carbocycles. The lowest BCUT2D eigenvalue weighted by molar-refractivity contribution is 0.141. The van der Waals surface area contributed by atoms with Gasteiger partial charge in [0.05, 0.1) is 12.2 Å². The van der Waals surface area contributed by atoms with Crippen LogP contribution in [0.3, 0.4) is 0 Å². The van der Waals surface area contributed by atoms with E-state index < -0.39 is 5.82 Å². The van der Waals surface area contributed by atoms with E-state index in [2.05, 4.69) is 5.32 Å². The van der Waals surface area contributed by atoms with Crippen LogP contribution in [0.2, 0.25) is 0 Å². The first kappa shape index (κ1) is 13.9. The second kappa shape index (κ2) is 6.51. The Morgan fingerprint density at radius 1 is 1.59 bits per heavy atom. The number of hydrogen-bond donors (Lipinski definition) is 2. The maximum atomic E-state index is 13.6. The van der Waals surface area contributed by atoms with Crippen LogP contribution < -0.4 is 11.1 Å². The minimum absolute atomic E-state index is 0.0502. The molecule has 5 heteroatoms. The van der Waals surface area contributed by atoms with E-state index in [0.717, 1.165) is 0 Å². The summed E-state index contributed by atoms with van der Waals surface area (Å²) >= 11 is 4.84. The zero-order chi connectivity index (χ0) is 12.8. The summed E-state index contributed by atoms with van der Waals surface area (Å²) in [7, 11) is 0. The van der Waals surface area contributed by atoms with Crippen molar-refractivity contribution in [2.45, 2.75) is 19.9 Å². The summed E-state index contributed by atoms with van der Waals surface area (Å²) in [5, 5.41) is 3.13.